The van der Waals surface area contributed by atoms with E-state index in [0.29, 0.717) is 6.04 Å². The third-order valence-corrected chi connectivity index (χ3v) is 6.75. The number of hydrogen-bond donors (Lipinski definition) is 2. The van der Waals surface area contributed by atoms with Gasteiger partial charge in [-0.3, -0.25) is 0 Å². The van der Waals surface area contributed by atoms with Gasteiger partial charge in [-0.05, 0) is 12.8 Å². The Morgan fingerprint density at radius 1 is 1.21 bits per heavy atom. The predicted octanol–water partition coefficient (Wildman–Crippen LogP) is 1.83. The Morgan fingerprint density at radius 3 is 1.64 bits per heavy atom. The van der Waals surface area contributed by atoms with Crippen LogP contribution >= 0.6 is 0 Å². The summed E-state index contributed by atoms with van der Waals surface area (Å²) in [5, 5.41) is 3.16. The molecule has 3 N–H and O–H groups in total. The van der Waals surface area contributed by atoms with Gasteiger partial charge in [0.05, 0.1) is 0 Å². The number of nitrogens with one attached hydrogen (secondary N) is 1. The lowest BCUT2D eigenvalue weighted by atomic mass is 9.96. The molecule has 0 spiro atoms. The monoisotopic (exact) mass is 216 g/mol. The molecule has 1 saturated heterocycles. The number of hydrogen-bond acceptors (Lipinski definition) is 2. The zero-order valence-electron chi connectivity index (χ0n) is 10.3. The second-order valence-corrected chi connectivity index (χ2v) is 8.55. The molecule has 0 radical (unpaired) electrons. The molecule has 1 atom stereocenters. The molecular weight excluding hydrogens is 188 g/mol. The van der Waals surface area contributed by atoms with Crippen LogP contribution in [-0.4, -0.2) is 27.9 Å². The van der Waals surface area contributed by atoms with Crippen molar-refractivity contribution in [2.75, 3.05) is 13.1 Å². The van der Waals surface area contributed by atoms with Crippen molar-refractivity contribution < 1.29 is 0 Å². The molecule has 14 heavy (non-hydrogen) atoms. The molecule has 0 bridgehead atoms. The van der Waals surface area contributed by atoms with Crippen LogP contribution in [0.2, 0.25) is 18.1 Å². The van der Waals surface area contributed by atoms with Crippen molar-refractivity contribution >= 4 is 8.80 Å². The largest absolute Gasteiger partial charge is 0.328 e. The first-order chi connectivity index (χ1) is 6.65. The van der Waals surface area contributed by atoms with E-state index in [1.54, 1.807) is 0 Å². The van der Waals surface area contributed by atoms with E-state index in [0.717, 1.165) is 19.0 Å². The Bertz CT molecular complexity index is 112. The molecule has 0 aromatic carbocycles. The fraction of sp³-hybridized carbons (Fsp3) is 1.00. The highest BCUT2D eigenvalue weighted by atomic mass is 28.3. The van der Waals surface area contributed by atoms with Crippen LogP contribution in [0.3, 0.4) is 0 Å². The summed E-state index contributed by atoms with van der Waals surface area (Å²) >= 11 is 0. The Balaban J connectivity index is 0.000000241. The topological polar surface area (TPSA) is 38.0 Å². The molecule has 1 aliphatic rings. The summed E-state index contributed by atoms with van der Waals surface area (Å²) in [5.41, 5.74) is 5.56. The minimum absolute atomic E-state index is 0.171. The third kappa shape index (κ3) is 5.78. The second kappa shape index (κ2) is 8.45. The first-order valence-electron chi connectivity index (χ1n) is 6.11. The molecule has 1 aliphatic heterocycles. The van der Waals surface area contributed by atoms with Crippen LogP contribution in [0.15, 0.2) is 0 Å². The SMILES string of the molecule is CC(N)C1CNC1.CC[SiH](CC)CC. The van der Waals surface area contributed by atoms with Crippen LogP contribution < -0.4 is 11.1 Å². The van der Waals surface area contributed by atoms with E-state index in [4.69, 9.17) is 5.73 Å². The Morgan fingerprint density at radius 2 is 1.64 bits per heavy atom. The highest BCUT2D eigenvalue weighted by molar-refractivity contribution is 6.58. The van der Waals surface area contributed by atoms with E-state index in [1.165, 1.54) is 18.1 Å². The van der Waals surface area contributed by atoms with Crippen molar-refractivity contribution in [2.24, 2.45) is 11.7 Å². The molecule has 3 heteroatoms. The summed E-state index contributed by atoms with van der Waals surface area (Å²) in [7, 11) is -0.171. The van der Waals surface area contributed by atoms with E-state index in [1.807, 2.05) is 0 Å². The zero-order chi connectivity index (χ0) is 11.0. The van der Waals surface area contributed by atoms with Crippen molar-refractivity contribution in [3.8, 4) is 0 Å². The van der Waals surface area contributed by atoms with Gasteiger partial charge < -0.3 is 11.1 Å². The standard InChI is InChI=1S/C6H16Si.C5H12N2/c1-4-7(5-2)6-3;1-4(6)5-2-7-3-5/h7H,4-6H2,1-3H3;4-5,7H,2-3,6H2,1H3. The maximum atomic E-state index is 5.56. The molecule has 1 fully saturated rings. The van der Waals surface area contributed by atoms with E-state index in [-0.39, 0.29) is 8.80 Å². The third-order valence-electron chi connectivity index (χ3n) is 3.29. The minimum atomic E-state index is -0.171. The highest BCUT2D eigenvalue weighted by Crippen LogP contribution is 2.04. The lowest BCUT2D eigenvalue weighted by Crippen LogP contribution is -2.50. The minimum Gasteiger partial charge on any atom is -0.328 e. The fourth-order valence-electron chi connectivity index (χ4n) is 1.55. The van der Waals surface area contributed by atoms with Crippen LogP contribution in [0.4, 0.5) is 0 Å². The molecule has 0 aliphatic carbocycles. The lowest BCUT2D eigenvalue weighted by Gasteiger charge is -2.30. The van der Waals surface area contributed by atoms with Gasteiger partial charge in [0.1, 0.15) is 0 Å². The van der Waals surface area contributed by atoms with Crippen LogP contribution in [-0.2, 0) is 0 Å². The molecule has 1 heterocycles. The molecule has 0 amide bonds. The summed E-state index contributed by atoms with van der Waals surface area (Å²) in [6, 6.07) is 4.87. The molecule has 0 saturated carbocycles. The van der Waals surface area contributed by atoms with Gasteiger partial charge in [-0.2, -0.15) is 0 Å². The molecule has 0 aromatic heterocycles. The van der Waals surface area contributed by atoms with Crippen molar-refractivity contribution in [1.82, 2.24) is 5.32 Å². The molecule has 2 nitrogen and oxygen atoms in total. The second-order valence-electron chi connectivity index (χ2n) is 4.37. The highest BCUT2D eigenvalue weighted by Gasteiger charge is 2.19. The first kappa shape index (κ1) is 14.1. The van der Waals surface area contributed by atoms with E-state index >= 15 is 0 Å². The van der Waals surface area contributed by atoms with Gasteiger partial charge in [0.25, 0.3) is 0 Å². The quantitative estimate of drug-likeness (QED) is 0.704. The lowest BCUT2D eigenvalue weighted by molar-refractivity contribution is 0.304. The molecule has 1 unspecified atom stereocenters. The van der Waals surface area contributed by atoms with Crippen molar-refractivity contribution in [2.45, 2.75) is 51.9 Å². The van der Waals surface area contributed by atoms with E-state index in [9.17, 15) is 0 Å². The molecular formula is C11H28N2Si. The molecule has 0 aromatic rings. The van der Waals surface area contributed by atoms with Crippen molar-refractivity contribution in [3.05, 3.63) is 0 Å². The average Bonchev–Trinajstić information content (AvgIpc) is 2.04. The number of rotatable bonds is 4. The Hall–Kier alpha value is 0.137. The number of nitrogens with two attached hydrogens (primary N) is 1. The summed E-state index contributed by atoms with van der Waals surface area (Å²) in [6.45, 7) is 11.3. The predicted molar refractivity (Wildman–Crippen MR) is 68.6 cm³/mol. The van der Waals surface area contributed by atoms with E-state index < -0.39 is 0 Å². The van der Waals surface area contributed by atoms with Gasteiger partial charge >= 0.3 is 0 Å². The van der Waals surface area contributed by atoms with Gasteiger partial charge in [0, 0.05) is 27.9 Å². The van der Waals surface area contributed by atoms with Gasteiger partial charge in [-0.1, -0.05) is 38.9 Å². The summed E-state index contributed by atoms with van der Waals surface area (Å²) < 4.78 is 0. The Kier molecular flexibility index (Phi) is 8.53. The van der Waals surface area contributed by atoms with Gasteiger partial charge in [-0.25, -0.2) is 0 Å². The maximum absolute atomic E-state index is 5.56. The summed E-state index contributed by atoms with van der Waals surface area (Å²) in [6.07, 6.45) is 0. The fourth-order valence-corrected chi connectivity index (χ4v) is 3.28. The summed E-state index contributed by atoms with van der Waals surface area (Å²) in [4.78, 5) is 0. The maximum Gasteiger partial charge on any atom is 0.0359 e. The Labute approximate surface area is 91.3 Å². The van der Waals surface area contributed by atoms with Crippen molar-refractivity contribution in [1.29, 1.82) is 0 Å². The molecule has 1 rings (SSSR count). The van der Waals surface area contributed by atoms with Gasteiger partial charge in [0.15, 0.2) is 0 Å². The van der Waals surface area contributed by atoms with E-state index in [2.05, 4.69) is 33.0 Å². The normalized spacial score (nSPS) is 18.4. The molecule has 86 valence electrons. The van der Waals surface area contributed by atoms with Crippen LogP contribution in [0.5, 0.6) is 0 Å². The van der Waals surface area contributed by atoms with Crippen LogP contribution in [0.25, 0.3) is 0 Å². The zero-order valence-corrected chi connectivity index (χ0v) is 11.5. The van der Waals surface area contributed by atoms with Crippen LogP contribution in [0, 0.1) is 5.92 Å². The first-order valence-corrected chi connectivity index (χ1v) is 8.56. The summed E-state index contributed by atoms with van der Waals surface area (Å²) in [5.74, 6) is 0.750. The van der Waals surface area contributed by atoms with Crippen LogP contribution in [0.1, 0.15) is 27.7 Å². The van der Waals surface area contributed by atoms with Gasteiger partial charge in [0.2, 0.25) is 0 Å². The van der Waals surface area contributed by atoms with Crippen molar-refractivity contribution in [3.63, 3.8) is 0 Å². The van der Waals surface area contributed by atoms with Gasteiger partial charge in [-0.15, -0.1) is 0 Å². The smallest absolute Gasteiger partial charge is 0.0359 e. The average molecular weight is 216 g/mol.